The molecular formula is C19H23NO5. The highest BCUT2D eigenvalue weighted by atomic mass is 16.8. The van der Waals surface area contributed by atoms with Crippen molar-refractivity contribution in [2.24, 2.45) is 0 Å². The molecule has 4 atom stereocenters. The van der Waals surface area contributed by atoms with Gasteiger partial charge in [-0.25, -0.2) is 0 Å². The van der Waals surface area contributed by atoms with Gasteiger partial charge in [0.1, 0.15) is 0 Å². The van der Waals surface area contributed by atoms with Gasteiger partial charge in [0.15, 0.2) is 17.6 Å². The molecule has 3 fully saturated rings. The second-order valence-corrected chi connectivity index (χ2v) is 7.99. The highest BCUT2D eigenvalue weighted by Gasteiger charge is 2.76. The van der Waals surface area contributed by atoms with Gasteiger partial charge >= 0.3 is 0 Å². The summed E-state index contributed by atoms with van der Waals surface area (Å²) < 4.78 is 24.4. The van der Waals surface area contributed by atoms with Crippen LogP contribution in [0.25, 0.3) is 0 Å². The largest absolute Gasteiger partial charge is 0.493 e. The molecule has 25 heavy (non-hydrogen) atoms. The number of benzene rings is 1. The first-order chi connectivity index (χ1) is 12.1. The Kier molecular flexibility index (Phi) is 2.66. The van der Waals surface area contributed by atoms with Crippen molar-refractivity contribution in [2.75, 3.05) is 26.9 Å². The van der Waals surface area contributed by atoms with E-state index >= 15 is 0 Å². The summed E-state index contributed by atoms with van der Waals surface area (Å²) in [6.07, 6.45) is 2.60. The Labute approximate surface area is 146 Å². The second kappa shape index (κ2) is 4.49. The minimum atomic E-state index is -0.846. The smallest absolute Gasteiger partial charge is 0.207 e. The van der Waals surface area contributed by atoms with Gasteiger partial charge in [-0.05, 0) is 37.4 Å². The quantitative estimate of drug-likeness (QED) is 0.788. The van der Waals surface area contributed by atoms with Crippen molar-refractivity contribution in [3.8, 4) is 11.5 Å². The topological polar surface area (TPSA) is 69.2 Å². The molecule has 1 aromatic carbocycles. The summed E-state index contributed by atoms with van der Waals surface area (Å²) in [7, 11) is 1.67. The fourth-order valence-corrected chi connectivity index (χ4v) is 6.32. The zero-order chi connectivity index (χ0) is 16.9. The van der Waals surface area contributed by atoms with Crippen molar-refractivity contribution >= 4 is 0 Å². The summed E-state index contributed by atoms with van der Waals surface area (Å²) >= 11 is 0. The summed E-state index contributed by atoms with van der Waals surface area (Å²) in [6.45, 7) is 2.02. The van der Waals surface area contributed by atoms with E-state index in [0.29, 0.717) is 26.1 Å². The third kappa shape index (κ3) is 1.45. The Balaban J connectivity index is 1.66. The average Bonchev–Trinajstić information content (AvgIpc) is 3.20. The number of fused-ring (bicyclic) bond motifs is 1. The Hall–Kier alpha value is -1.34. The van der Waals surface area contributed by atoms with Crippen LogP contribution in [0.5, 0.6) is 11.5 Å². The van der Waals surface area contributed by atoms with Gasteiger partial charge in [-0.1, -0.05) is 6.07 Å². The van der Waals surface area contributed by atoms with Crippen molar-refractivity contribution < 1.29 is 24.1 Å². The lowest BCUT2D eigenvalue weighted by molar-refractivity contribution is -0.287. The molecular weight excluding hydrogens is 322 g/mol. The number of piperidine rings is 1. The van der Waals surface area contributed by atoms with Gasteiger partial charge in [0.25, 0.3) is 0 Å². The molecule has 6 heteroatoms. The van der Waals surface area contributed by atoms with Gasteiger partial charge in [0, 0.05) is 18.0 Å². The molecule has 2 spiro atoms. The van der Waals surface area contributed by atoms with E-state index in [1.807, 2.05) is 6.07 Å². The van der Waals surface area contributed by atoms with E-state index in [1.54, 1.807) is 7.11 Å². The van der Waals surface area contributed by atoms with E-state index < -0.39 is 16.8 Å². The molecule has 134 valence electrons. The Morgan fingerprint density at radius 3 is 2.84 bits per heavy atom. The van der Waals surface area contributed by atoms with Gasteiger partial charge in [0.05, 0.1) is 31.3 Å². The van der Waals surface area contributed by atoms with Crippen LogP contribution in [0.15, 0.2) is 12.1 Å². The van der Waals surface area contributed by atoms with Crippen LogP contribution in [0, 0.1) is 0 Å². The number of nitrogens with one attached hydrogen (secondary N) is 1. The lowest BCUT2D eigenvalue weighted by atomic mass is 9.48. The molecule has 5 aliphatic rings. The Morgan fingerprint density at radius 1 is 1.20 bits per heavy atom. The predicted molar refractivity (Wildman–Crippen MR) is 88.0 cm³/mol. The van der Waals surface area contributed by atoms with Crippen molar-refractivity contribution in [1.29, 1.82) is 0 Å². The third-order valence-corrected chi connectivity index (χ3v) is 7.27. The van der Waals surface area contributed by atoms with Crippen LogP contribution in [-0.2, 0) is 21.3 Å². The molecule has 2 saturated heterocycles. The Morgan fingerprint density at radius 2 is 2.04 bits per heavy atom. The van der Waals surface area contributed by atoms with Crippen molar-refractivity contribution in [2.45, 2.75) is 54.6 Å². The van der Waals surface area contributed by atoms with Crippen molar-refractivity contribution in [3.63, 3.8) is 0 Å². The maximum Gasteiger partial charge on any atom is 0.207 e. The van der Waals surface area contributed by atoms with Gasteiger partial charge in [-0.15, -0.1) is 0 Å². The number of rotatable bonds is 1. The molecule has 3 heterocycles. The predicted octanol–water partition coefficient (Wildman–Crippen LogP) is 0.880. The standard InChI is InChI=1S/C19H23NO5/c1-22-12-3-2-11-10-13-18(21)4-5-19(23-8-9-24-19)16-17(18,6-7-20-13)14(11)15(12)25-16/h2-3,13,16,20-21H,4-10H2,1H3/t13?,16-,17+,18-/m1/s1. The average molecular weight is 345 g/mol. The molecule has 2 N–H and O–H groups in total. The highest BCUT2D eigenvalue weighted by Crippen LogP contribution is 2.66. The monoisotopic (exact) mass is 345 g/mol. The van der Waals surface area contributed by atoms with Crippen LogP contribution in [0.4, 0.5) is 0 Å². The summed E-state index contributed by atoms with van der Waals surface area (Å²) in [4.78, 5) is 0. The molecule has 0 amide bonds. The van der Waals surface area contributed by atoms with Crippen LogP contribution < -0.4 is 14.8 Å². The number of hydrogen-bond donors (Lipinski definition) is 2. The van der Waals surface area contributed by atoms with Gasteiger partial charge < -0.3 is 29.4 Å². The minimum Gasteiger partial charge on any atom is -0.493 e. The number of aliphatic hydroxyl groups is 1. The van der Waals surface area contributed by atoms with Crippen LogP contribution in [0.2, 0.25) is 0 Å². The second-order valence-electron chi connectivity index (χ2n) is 7.99. The summed E-state index contributed by atoms with van der Waals surface area (Å²) in [6, 6.07) is 4.14. The highest BCUT2D eigenvalue weighted by molar-refractivity contribution is 5.63. The SMILES string of the molecule is COc1ccc2c3c1O[C@H]1C4(CC[C@@]5(O)C(C2)NCC[C@]315)OCCO4. The number of ether oxygens (including phenoxy) is 4. The molecule has 1 unspecified atom stereocenters. The fraction of sp³-hybridized carbons (Fsp3) is 0.684. The lowest BCUT2D eigenvalue weighted by Crippen LogP contribution is -2.79. The van der Waals surface area contributed by atoms with E-state index in [0.717, 1.165) is 36.4 Å². The molecule has 6 nitrogen and oxygen atoms in total. The molecule has 0 radical (unpaired) electrons. The molecule has 6 rings (SSSR count). The first kappa shape index (κ1) is 14.8. The van der Waals surface area contributed by atoms with E-state index in [1.165, 1.54) is 5.56 Å². The third-order valence-electron chi connectivity index (χ3n) is 7.27. The maximum absolute atomic E-state index is 11.9. The molecule has 1 aromatic rings. The zero-order valence-electron chi connectivity index (χ0n) is 14.3. The van der Waals surface area contributed by atoms with E-state index in [-0.39, 0.29) is 12.1 Å². The lowest BCUT2D eigenvalue weighted by Gasteiger charge is -2.62. The summed E-state index contributed by atoms with van der Waals surface area (Å²) in [5, 5.41) is 15.5. The van der Waals surface area contributed by atoms with Crippen LogP contribution in [0.3, 0.4) is 0 Å². The Bertz CT molecular complexity index is 760. The first-order valence-corrected chi connectivity index (χ1v) is 9.25. The summed E-state index contributed by atoms with van der Waals surface area (Å²) in [5.41, 5.74) is 1.04. The molecule has 1 saturated carbocycles. The molecule has 2 bridgehead atoms. The molecule has 0 aromatic heterocycles. The zero-order valence-corrected chi connectivity index (χ0v) is 14.3. The van der Waals surface area contributed by atoms with Crippen molar-refractivity contribution in [3.05, 3.63) is 23.3 Å². The van der Waals surface area contributed by atoms with Gasteiger partial charge in [-0.3, -0.25) is 0 Å². The minimum absolute atomic E-state index is 0.0398. The normalized spacial score (nSPS) is 42.2. The molecule has 3 aliphatic heterocycles. The molecule has 2 aliphatic carbocycles. The van der Waals surface area contributed by atoms with Crippen molar-refractivity contribution in [1.82, 2.24) is 5.32 Å². The van der Waals surface area contributed by atoms with Crippen LogP contribution in [0.1, 0.15) is 30.4 Å². The van der Waals surface area contributed by atoms with Gasteiger partial charge in [-0.2, -0.15) is 0 Å². The number of methoxy groups -OCH3 is 1. The van der Waals surface area contributed by atoms with E-state index in [2.05, 4.69) is 11.4 Å². The van der Waals surface area contributed by atoms with Gasteiger partial charge in [0.2, 0.25) is 5.79 Å². The maximum atomic E-state index is 11.9. The fourth-order valence-electron chi connectivity index (χ4n) is 6.32. The number of hydrogen-bond acceptors (Lipinski definition) is 6. The van der Waals surface area contributed by atoms with E-state index in [4.69, 9.17) is 18.9 Å². The van der Waals surface area contributed by atoms with Crippen LogP contribution >= 0.6 is 0 Å². The van der Waals surface area contributed by atoms with E-state index in [9.17, 15) is 5.11 Å². The summed E-state index contributed by atoms with van der Waals surface area (Å²) in [5.74, 6) is 0.756. The van der Waals surface area contributed by atoms with Crippen LogP contribution in [-0.4, -0.2) is 55.5 Å². The first-order valence-electron chi connectivity index (χ1n) is 9.25.